The summed E-state index contributed by atoms with van der Waals surface area (Å²) in [6, 6.07) is 7.71. The maximum Gasteiger partial charge on any atom is 0.240 e. The molecule has 1 fully saturated rings. The molecule has 2 rings (SSSR count). The summed E-state index contributed by atoms with van der Waals surface area (Å²) in [5.74, 6) is -0.0531. The Balaban J connectivity index is 0.00000180. The molecule has 0 saturated heterocycles. The van der Waals surface area contributed by atoms with Crippen LogP contribution in [0.15, 0.2) is 24.3 Å². The van der Waals surface area contributed by atoms with E-state index < -0.39 is 5.54 Å². The molecule has 3 nitrogen and oxygen atoms in total. The van der Waals surface area contributed by atoms with Crippen molar-refractivity contribution in [2.24, 2.45) is 5.73 Å². The number of rotatable bonds is 4. The van der Waals surface area contributed by atoms with Crippen LogP contribution in [0.3, 0.4) is 0 Å². The van der Waals surface area contributed by atoms with E-state index in [9.17, 15) is 4.79 Å². The van der Waals surface area contributed by atoms with Gasteiger partial charge < -0.3 is 11.1 Å². The van der Waals surface area contributed by atoms with Gasteiger partial charge in [0.15, 0.2) is 0 Å². The highest BCUT2D eigenvalue weighted by atomic mass is 35.5. The van der Waals surface area contributed by atoms with Crippen LogP contribution in [0.25, 0.3) is 0 Å². The molecule has 19 heavy (non-hydrogen) atoms. The number of carbonyl (C=O) groups is 1. The molecule has 1 amide bonds. The lowest BCUT2D eigenvalue weighted by Gasteiger charge is -2.27. The number of nitrogens with two attached hydrogens (primary N) is 1. The molecule has 1 aromatic rings. The van der Waals surface area contributed by atoms with Gasteiger partial charge in [-0.3, -0.25) is 4.79 Å². The van der Waals surface area contributed by atoms with Crippen LogP contribution in [-0.4, -0.2) is 18.0 Å². The molecule has 3 N–H and O–H groups in total. The lowest BCUT2D eigenvalue weighted by atomic mass is 9.84. The molecule has 0 atom stereocenters. The zero-order valence-corrected chi connectivity index (χ0v) is 12.8. The second-order valence-electron chi connectivity index (χ2n) is 5.70. The first-order valence-electron chi connectivity index (χ1n) is 6.17. The molecule has 1 aliphatic carbocycles. The van der Waals surface area contributed by atoms with Crippen LogP contribution in [0, 0.1) is 0 Å². The van der Waals surface area contributed by atoms with Crippen molar-refractivity contribution < 1.29 is 4.79 Å². The minimum atomic E-state index is -0.615. The summed E-state index contributed by atoms with van der Waals surface area (Å²) in [6.07, 6.45) is 1.57. The maximum absolute atomic E-state index is 11.8. The summed E-state index contributed by atoms with van der Waals surface area (Å²) in [7, 11) is 0. The predicted octanol–water partition coefficient (Wildman–Crippen LogP) is 2.65. The molecule has 0 unspecified atom stereocenters. The van der Waals surface area contributed by atoms with Gasteiger partial charge in [0, 0.05) is 17.0 Å². The highest BCUT2D eigenvalue weighted by Gasteiger charge is 2.46. The normalized spacial score (nSPS) is 16.4. The second kappa shape index (κ2) is 5.70. The zero-order chi connectivity index (χ0) is 13.4. The van der Waals surface area contributed by atoms with Gasteiger partial charge in [-0.25, -0.2) is 0 Å². The van der Waals surface area contributed by atoms with Crippen molar-refractivity contribution in [3.05, 3.63) is 34.9 Å². The van der Waals surface area contributed by atoms with Crippen molar-refractivity contribution in [3.8, 4) is 0 Å². The number of hydrogen-bond donors (Lipinski definition) is 2. The van der Waals surface area contributed by atoms with Gasteiger partial charge in [0.2, 0.25) is 5.91 Å². The van der Waals surface area contributed by atoms with Crippen molar-refractivity contribution >= 4 is 29.9 Å². The van der Waals surface area contributed by atoms with Gasteiger partial charge in [0.25, 0.3) is 0 Å². The van der Waals surface area contributed by atoms with Crippen molar-refractivity contribution in [3.63, 3.8) is 0 Å². The fourth-order valence-corrected chi connectivity index (χ4v) is 2.34. The Morgan fingerprint density at radius 3 is 2.53 bits per heavy atom. The molecular weight excluding hydrogens is 283 g/mol. The fraction of sp³-hybridized carbons (Fsp3) is 0.500. The minimum Gasteiger partial charge on any atom is -0.354 e. The lowest BCUT2D eigenvalue weighted by molar-refractivity contribution is -0.123. The number of halogens is 2. The Kier molecular flexibility index (Phi) is 4.88. The number of amides is 1. The Hall–Kier alpha value is -0.770. The Labute approximate surface area is 125 Å². The molecule has 0 radical (unpaired) electrons. The van der Waals surface area contributed by atoms with Gasteiger partial charge in [-0.15, -0.1) is 12.4 Å². The van der Waals surface area contributed by atoms with Crippen LogP contribution in [0.2, 0.25) is 5.02 Å². The highest BCUT2D eigenvalue weighted by Crippen LogP contribution is 2.33. The monoisotopic (exact) mass is 302 g/mol. The standard InChI is InChI=1S/C14H19ClN2O.ClH/c1-13(2,10-5-3-4-6-11(10)15)9-17-12(18)14(16)7-8-14;/h3-6H,7-9,16H2,1-2H3,(H,17,18);1H. The average Bonchev–Trinajstić information content (AvgIpc) is 3.06. The molecule has 106 valence electrons. The van der Waals surface area contributed by atoms with Crippen molar-refractivity contribution in [1.29, 1.82) is 0 Å². The fourth-order valence-electron chi connectivity index (χ4n) is 1.94. The lowest BCUT2D eigenvalue weighted by Crippen LogP contribution is -2.46. The van der Waals surface area contributed by atoms with E-state index in [4.69, 9.17) is 17.3 Å². The summed E-state index contributed by atoms with van der Waals surface area (Å²) < 4.78 is 0. The first-order chi connectivity index (χ1) is 8.35. The van der Waals surface area contributed by atoms with Crippen molar-refractivity contribution in [2.45, 2.75) is 37.6 Å². The van der Waals surface area contributed by atoms with Crippen LogP contribution in [-0.2, 0) is 10.2 Å². The SMILES string of the molecule is CC(C)(CNC(=O)C1(N)CC1)c1ccccc1Cl.Cl. The van der Waals surface area contributed by atoms with Crippen LogP contribution in [0.1, 0.15) is 32.3 Å². The van der Waals surface area contributed by atoms with Gasteiger partial charge in [0.1, 0.15) is 0 Å². The van der Waals surface area contributed by atoms with E-state index in [1.807, 2.05) is 24.3 Å². The van der Waals surface area contributed by atoms with E-state index in [0.29, 0.717) is 6.54 Å². The van der Waals surface area contributed by atoms with E-state index in [1.54, 1.807) is 0 Å². The van der Waals surface area contributed by atoms with Gasteiger partial charge in [-0.2, -0.15) is 0 Å². The summed E-state index contributed by atoms with van der Waals surface area (Å²) in [4.78, 5) is 11.8. The first kappa shape index (κ1) is 16.3. The van der Waals surface area contributed by atoms with Gasteiger partial charge in [0.05, 0.1) is 5.54 Å². The Morgan fingerprint density at radius 2 is 2.00 bits per heavy atom. The van der Waals surface area contributed by atoms with Crippen molar-refractivity contribution in [2.75, 3.05) is 6.54 Å². The summed E-state index contributed by atoms with van der Waals surface area (Å²) in [6.45, 7) is 4.66. The molecule has 0 spiro atoms. The molecule has 0 aliphatic heterocycles. The smallest absolute Gasteiger partial charge is 0.240 e. The number of hydrogen-bond acceptors (Lipinski definition) is 2. The summed E-state index contributed by atoms with van der Waals surface area (Å²) >= 11 is 6.19. The molecule has 0 aromatic heterocycles. The topological polar surface area (TPSA) is 55.1 Å². The molecule has 1 aliphatic rings. The van der Waals surface area contributed by atoms with Crippen LogP contribution in [0.5, 0.6) is 0 Å². The van der Waals surface area contributed by atoms with Crippen LogP contribution in [0.4, 0.5) is 0 Å². The molecule has 0 bridgehead atoms. The van der Waals surface area contributed by atoms with E-state index in [2.05, 4.69) is 19.2 Å². The molecule has 5 heteroatoms. The number of benzene rings is 1. The number of nitrogens with one attached hydrogen (secondary N) is 1. The maximum atomic E-state index is 11.8. The van der Waals surface area contributed by atoms with Crippen LogP contribution >= 0.6 is 24.0 Å². The van der Waals surface area contributed by atoms with E-state index in [-0.39, 0.29) is 23.7 Å². The molecular formula is C14H20Cl2N2O. The minimum absolute atomic E-state index is 0. The van der Waals surface area contributed by atoms with E-state index in [0.717, 1.165) is 23.4 Å². The van der Waals surface area contributed by atoms with E-state index in [1.165, 1.54) is 0 Å². The summed E-state index contributed by atoms with van der Waals surface area (Å²) in [5.41, 5.74) is 6.06. The van der Waals surface area contributed by atoms with Crippen molar-refractivity contribution in [1.82, 2.24) is 5.32 Å². The molecule has 1 saturated carbocycles. The largest absolute Gasteiger partial charge is 0.354 e. The molecule has 1 aromatic carbocycles. The van der Waals surface area contributed by atoms with E-state index >= 15 is 0 Å². The molecule has 0 heterocycles. The van der Waals surface area contributed by atoms with Gasteiger partial charge >= 0.3 is 0 Å². The first-order valence-corrected chi connectivity index (χ1v) is 6.55. The zero-order valence-electron chi connectivity index (χ0n) is 11.2. The quantitative estimate of drug-likeness (QED) is 0.898. The van der Waals surface area contributed by atoms with Crippen LogP contribution < -0.4 is 11.1 Å². The Bertz CT molecular complexity index is 470. The Morgan fingerprint density at radius 1 is 1.42 bits per heavy atom. The third-order valence-electron chi connectivity index (χ3n) is 3.53. The summed E-state index contributed by atoms with van der Waals surface area (Å²) in [5, 5.41) is 3.66. The third kappa shape index (κ3) is 3.62. The van der Waals surface area contributed by atoms with Gasteiger partial charge in [-0.05, 0) is 24.5 Å². The number of carbonyl (C=O) groups excluding carboxylic acids is 1. The average molecular weight is 303 g/mol. The predicted molar refractivity (Wildman–Crippen MR) is 80.9 cm³/mol. The highest BCUT2D eigenvalue weighted by molar-refractivity contribution is 6.31. The third-order valence-corrected chi connectivity index (χ3v) is 3.86. The van der Waals surface area contributed by atoms with Gasteiger partial charge in [-0.1, -0.05) is 43.6 Å². The second-order valence-corrected chi connectivity index (χ2v) is 6.11.